The first-order valence-corrected chi connectivity index (χ1v) is 6.26. The number of carboxylic acids is 1. The van der Waals surface area contributed by atoms with E-state index in [1.54, 1.807) is 27.7 Å². The minimum atomic E-state index is -1.34. The first kappa shape index (κ1) is 13.3. The van der Waals surface area contributed by atoms with Crippen molar-refractivity contribution in [3.63, 3.8) is 0 Å². The molecular weight excluding hydrogens is 256 g/mol. The highest BCUT2D eigenvalue weighted by Gasteiger charge is 2.60. The number of carbonyl (C=O) groups excluding carboxylic acids is 1. The van der Waals surface area contributed by atoms with E-state index in [1.165, 1.54) is 0 Å². The van der Waals surface area contributed by atoms with Gasteiger partial charge >= 0.3 is 0 Å². The van der Waals surface area contributed by atoms with Crippen LogP contribution in [0.4, 0.5) is 0 Å². The highest BCUT2D eigenvalue weighted by atomic mass is 16.9. The Labute approximate surface area is 110 Å². The summed E-state index contributed by atoms with van der Waals surface area (Å²) < 4.78 is 28.0. The summed E-state index contributed by atoms with van der Waals surface area (Å²) >= 11 is 0. The molecule has 0 aliphatic carbocycles. The van der Waals surface area contributed by atoms with Gasteiger partial charge in [0.2, 0.25) is 0 Å². The van der Waals surface area contributed by atoms with Crippen LogP contribution in [0, 0.1) is 0 Å². The summed E-state index contributed by atoms with van der Waals surface area (Å²) in [5.74, 6) is -3.09. The van der Waals surface area contributed by atoms with Crippen molar-refractivity contribution < 1.29 is 33.6 Å². The number of hydrogen-bond donors (Lipinski definition) is 0. The first-order valence-electron chi connectivity index (χ1n) is 6.26. The van der Waals surface area contributed by atoms with Crippen LogP contribution in [0.1, 0.15) is 27.7 Å². The van der Waals surface area contributed by atoms with Gasteiger partial charge in [-0.25, -0.2) is 0 Å². The summed E-state index contributed by atoms with van der Waals surface area (Å²) in [6.45, 7) is 6.90. The summed E-state index contributed by atoms with van der Waals surface area (Å²) in [4.78, 5) is 11.2. The van der Waals surface area contributed by atoms with Crippen LogP contribution in [0.15, 0.2) is 0 Å². The molecule has 108 valence electrons. The second-order valence-corrected chi connectivity index (χ2v) is 5.91. The van der Waals surface area contributed by atoms with Crippen LogP contribution in [0.3, 0.4) is 0 Å². The van der Waals surface area contributed by atoms with Gasteiger partial charge in [0.1, 0.15) is 24.4 Å². The minimum Gasteiger partial charge on any atom is -0.547 e. The molecule has 0 bridgehead atoms. The summed E-state index contributed by atoms with van der Waals surface area (Å²) in [5.41, 5.74) is 0. The minimum absolute atomic E-state index is 0.516. The molecule has 0 amide bonds. The zero-order valence-electron chi connectivity index (χ0n) is 11.2. The van der Waals surface area contributed by atoms with Gasteiger partial charge in [-0.15, -0.1) is 0 Å². The van der Waals surface area contributed by atoms with E-state index in [-0.39, 0.29) is 0 Å². The topological polar surface area (TPSA) is 86.3 Å². The number of hydrogen-bond acceptors (Lipinski definition) is 7. The molecule has 0 aromatic rings. The number of ether oxygens (including phenoxy) is 5. The van der Waals surface area contributed by atoms with Crippen molar-refractivity contribution >= 4 is 5.97 Å². The zero-order chi connectivity index (χ0) is 14.0. The number of rotatable bonds is 1. The number of carbonyl (C=O) groups is 1. The fourth-order valence-corrected chi connectivity index (χ4v) is 2.80. The van der Waals surface area contributed by atoms with Crippen LogP contribution >= 0.6 is 0 Å². The lowest BCUT2D eigenvalue weighted by atomic mass is 9.99. The maximum absolute atomic E-state index is 11.2. The number of fused-ring (bicyclic) bond motifs is 3. The van der Waals surface area contributed by atoms with Gasteiger partial charge in [0.05, 0.1) is 5.97 Å². The van der Waals surface area contributed by atoms with Gasteiger partial charge in [-0.1, -0.05) is 0 Å². The van der Waals surface area contributed by atoms with Gasteiger partial charge in [0.15, 0.2) is 17.9 Å². The molecule has 3 saturated heterocycles. The van der Waals surface area contributed by atoms with Crippen molar-refractivity contribution in [3.8, 4) is 0 Å². The molecule has 3 aliphatic heterocycles. The Kier molecular flexibility index (Phi) is 2.72. The second kappa shape index (κ2) is 3.89. The quantitative estimate of drug-likeness (QED) is 0.614. The van der Waals surface area contributed by atoms with E-state index in [0.29, 0.717) is 0 Å². The summed E-state index contributed by atoms with van der Waals surface area (Å²) in [6.07, 6.45) is -3.86. The van der Waals surface area contributed by atoms with Crippen molar-refractivity contribution in [2.75, 3.05) is 0 Å². The van der Waals surface area contributed by atoms with Crippen molar-refractivity contribution in [3.05, 3.63) is 0 Å². The maximum atomic E-state index is 11.2. The van der Waals surface area contributed by atoms with Gasteiger partial charge in [0, 0.05) is 0 Å². The fraction of sp³-hybridized carbons (Fsp3) is 0.917. The Morgan fingerprint density at radius 1 is 0.895 bits per heavy atom. The standard InChI is InChI=1S/C12H18O7/c1-11(2)16-5-6(17-11)8-10(15-7(5)9(13)14)19-12(3,4)18-8/h5-8,10H,1-4H3,(H,13,14)/p-1/t5-,6+,7+,8-,10-/m1/s1. The van der Waals surface area contributed by atoms with Crippen molar-refractivity contribution in [2.45, 2.75) is 70.0 Å². The molecule has 0 aromatic heterocycles. The van der Waals surface area contributed by atoms with Crippen LogP contribution in [-0.2, 0) is 28.5 Å². The molecule has 3 rings (SSSR count). The van der Waals surface area contributed by atoms with Gasteiger partial charge in [-0.05, 0) is 27.7 Å². The van der Waals surface area contributed by atoms with Crippen LogP contribution in [0.2, 0.25) is 0 Å². The van der Waals surface area contributed by atoms with Gasteiger partial charge in [0.25, 0.3) is 0 Å². The zero-order valence-corrected chi connectivity index (χ0v) is 11.2. The van der Waals surface area contributed by atoms with E-state index in [4.69, 9.17) is 23.7 Å². The highest BCUT2D eigenvalue weighted by Crippen LogP contribution is 2.43. The van der Waals surface area contributed by atoms with Gasteiger partial charge in [-0.3, -0.25) is 0 Å². The molecule has 0 N–H and O–H groups in total. The monoisotopic (exact) mass is 273 g/mol. The Morgan fingerprint density at radius 3 is 2.05 bits per heavy atom. The summed E-state index contributed by atoms with van der Waals surface area (Å²) in [6, 6.07) is 0. The first-order chi connectivity index (χ1) is 8.69. The average Bonchev–Trinajstić information content (AvgIpc) is 2.70. The molecule has 0 radical (unpaired) electrons. The SMILES string of the molecule is CC1(C)O[C@H]2[C@@H](O1)[C@@H](C(=O)[O-])O[C@@H]1OC(C)(C)O[C@@H]12. The fourth-order valence-electron chi connectivity index (χ4n) is 2.80. The van der Waals surface area contributed by atoms with Crippen LogP contribution < -0.4 is 5.11 Å². The van der Waals surface area contributed by atoms with Crippen LogP contribution in [-0.4, -0.2) is 48.2 Å². The Hall–Kier alpha value is -0.730. The van der Waals surface area contributed by atoms with Crippen molar-refractivity contribution in [2.24, 2.45) is 0 Å². The maximum Gasteiger partial charge on any atom is 0.190 e. The predicted octanol–water partition coefficient (Wildman–Crippen LogP) is -0.867. The molecule has 0 unspecified atom stereocenters. The molecular formula is C12H17O7-. The molecule has 5 atom stereocenters. The van der Waals surface area contributed by atoms with E-state index < -0.39 is 48.2 Å². The van der Waals surface area contributed by atoms with E-state index in [0.717, 1.165) is 0 Å². The third kappa shape index (κ3) is 2.15. The molecule has 7 nitrogen and oxygen atoms in total. The number of aliphatic carboxylic acids is 1. The molecule has 3 fully saturated rings. The lowest BCUT2D eigenvalue weighted by Gasteiger charge is -2.37. The largest absolute Gasteiger partial charge is 0.547 e. The third-order valence-corrected chi connectivity index (χ3v) is 3.39. The lowest BCUT2D eigenvalue weighted by molar-refractivity contribution is -0.334. The van der Waals surface area contributed by atoms with E-state index in [9.17, 15) is 9.90 Å². The normalized spacial score (nSPS) is 46.6. The van der Waals surface area contributed by atoms with E-state index >= 15 is 0 Å². The van der Waals surface area contributed by atoms with Crippen molar-refractivity contribution in [1.29, 1.82) is 0 Å². The predicted molar refractivity (Wildman–Crippen MR) is 57.5 cm³/mol. The number of carboxylic acid groups (broad SMARTS) is 1. The molecule has 19 heavy (non-hydrogen) atoms. The molecule has 0 saturated carbocycles. The van der Waals surface area contributed by atoms with E-state index in [1.807, 2.05) is 0 Å². The summed E-state index contributed by atoms with van der Waals surface area (Å²) in [7, 11) is 0. The average molecular weight is 273 g/mol. The lowest BCUT2D eigenvalue weighted by Crippen LogP contribution is -2.60. The molecule has 0 aromatic carbocycles. The third-order valence-electron chi connectivity index (χ3n) is 3.39. The Morgan fingerprint density at radius 2 is 1.42 bits per heavy atom. The smallest absolute Gasteiger partial charge is 0.190 e. The van der Waals surface area contributed by atoms with Crippen molar-refractivity contribution in [1.82, 2.24) is 0 Å². The van der Waals surface area contributed by atoms with Crippen LogP contribution in [0.25, 0.3) is 0 Å². The molecule has 3 aliphatic rings. The summed E-state index contributed by atoms with van der Waals surface area (Å²) in [5, 5.41) is 11.2. The second-order valence-electron chi connectivity index (χ2n) is 5.91. The Bertz CT molecular complexity index is 405. The molecule has 0 spiro atoms. The van der Waals surface area contributed by atoms with Crippen LogP contribution in [0.5, 0.6) is 0 Å². The highest BCUT2D eigenvalue weighted by molar-refractivity contribution is 5.71. The molecule has 7 heteroatoms. The molecule has 3 heterocycles. The van der Waals surface area contributed by atoms with Gasteiger partial charge in [-0.2, -0.15) is 0 Å². The Balaban J connectivity index is 1.91. The van der Waals surface area contributed by atoms with Gasteiger partial charge < -0.3 is 33.6 Å². The van der Waals surface area contributed by atoms with E-state index in [2.05, 4.69) is 0 Å².